The van der Waals surface area contributed by atoms with Gasteiger partial charge in [-0.3, -0.25) is 4.79 Å². The second kappa shape index (κ2) is 8.70. The minimum absolute atomic E-state index is 0.176. The lowest BCUT2D eigenvalue weighted by Gasteiger charge is -2.38. The lowest BCUT2D eigenvalue weighted by Crippen LogP contribution is -2.41. The molecule has 0 radical (unpaired) electrons. The zero-order valence-electron chi connectivity index (χ0n) is 17.5. The van der Waals surface area contributed by atoms with Gasteiger partial charge in [-0.05, 0) is 37.0 Å². The number of esters is 1. The first-order chi connectivity index (χ1) is 14.6. The second-order valence-corrected chi connectivity index (χ2v) is 8.01. The van der Waals surface area contributed by atoms with Crippen LogP contribution >= 0.6 is 0 Å². The highest BCUT2D eigenvalue weighted by Gasteiger charge is 2.43. The van der Waals surface area contributed by atoms with Crippen LogP contribution in [0.3, 0.4) is 0 Å². The smallest absolute Gasteiger partial charge is 0.336 e. The minimum Gasteiger partial charge on any atom is -0.462 e. The maximum Gasteiger partial charge on any atom is 0.336 e. The first kappa shape index (κ1) is 20.1. The van der Waals surface area contributed by atoms with E-state index in [4.69, 9.17) is 4.74 Å². The van der Waals surface area contributed by atoms with Crippen molar-refractivity contribution in [2.45, 2.75) is 39.0 Å². The number of aryl methyl sites for hydroxylation is 1. The van der Waals surface area contributed by atoms with E-state index in [-0.39, 0.29) is 23.6 Å². The molecule has 2 aliphatic rings. The Morgan fingerprint density at radius 1 is 1.03 bits per heavy atom. The van der Waals surface area contributed by atoms with Gasteiger partial charge < -0.3 is 10.1 Å². The predicted octanol–water partition coefficient (Wildman–Crippen LogP) is 4.60. The molecule has 4 nitrogen and oxygen atoms in total. The number of hydrogen-bond donors (Lipinski definition) is 1. The van der Waals surface area contributed by atoms with Gasteiger partial charge in [-0.15, -0.1) is 0 Å². The van der Waals surface area contributed by atoms with E-state index in [0.29, 0.717) is 25.0 Å². The van der Waals surface area contributed by atoms with Crippen molar-refractivity contribution in [1.29, 1.82) is 0 Å². The fourth-order valence-corrected chi connectivity index (χ4v) is 4.54. The average molecular weight is 402 g/mol. The van der Waals surface area contributed by atoms with Crippen LogP contribution in [-0.4, -0.2) is 18.4 Å². The van der Waals surface area contributed by atoms with Crippen molar-refractivity contribution in [3.05, 3.63) is 94.3 Å². The molecule has 0 saturated carbocycles. The molecule has 0 saturated heterocycles. The van der Waals surface area contributed by atoms with Crippen molar-refractivity contribution >= 4 is 11.8 Å². The summed E-state index contributed by atoms with van der Waals surface area (Å²) in [5.41, 5.74) is 5.46. The number of allylic oxidation sites excluding steroid dienone is 3. The van der Waals surface area contributed by atoms with Gasteiger partial charge in [0.15, 0.2) is 0 Å². The predicted molar refractivity (Wildman–Crippen MR) is 117 cm³/mol. The van der Waals surface area contributed by atoms with Gasteiger partial charge in [0.05, 0.1) is 18.1 Å². The van der Waals surface area contributed by atoms with Gasteiger partial charge in [0.25, 0.3) is 0 Å². The van der Waals surface area contributed by atoms with Crippen molar-refractivity contribution in [3.8, 4) is 0 Å². The molecule has 4 rings (SSSR count). The molecule has 0 bridgehead atoms. The topological polar surface area (TPSA) is 55.4 Å². The lowest BCUT2D eigenvalue weighted by atomic mass is 9.70. The number of rotatable bonds is 5. The van der Waals surface area contributed by atoms with E-state index in [1.165, 1.54) is 0 Å². The van der Waals surface area contributed by atoms with Gasteiger partial charge >= 0.3 is 5.97 Å². The molecule has 0 fully saturated rings. The van der Waals surface area contributed by atoms with Crippen LogP contribution in [0, 0.1) is 12.8 Å². The molecule has 1 N–H and O–H groups in total. The van der Waals surface area contributed by atoms with Crippen LogP contribution < -0.4 is 5.32 Å². The Hall–Kier alpha value is -3.14. The first-order valence-corrected chi connectivity index (χ1v) is 10.5. The highest BCUT2D eigenvalue weighted by atomic mass is 16.5. The van der Waals surface area contributed by atoms with E-state index in [9.17, 15) is 9.59 Å². The van der Waals surface area contributed by atoms with Crippen molar-refractivity contribution in [2.24, 2.45) is 5.92 Å². The third-order valence-electron chi connectivity index (χ3n) is 6.03. The van der Waals surface area contributed by atoms with Crippen molar-refractivity contribution in [1.82, 2.24) is 5.32 Å². The average Bonchev–Trinajstić information content (AvgIpc) is 2.74. The molecular formula is C26H27NO3. The molecule has 2 aromatic rings. The van der Waals surface area contributed by atoms with Crippen molar-refractivity contribution in [3.63, 3.8) is 0 Å². The van der Waals surface area contributed by atoms with Crippen molar-refractivity contribution < 1.29 is 14.3 Å². The molecule has 1 heterocycles. The van der Waals surface area contributed by atoms with Gasteiger partial charge in [0.1, 0.15) is 5.78 Å². The molecule has 1 aliphatic carbocycles. The van der Waals surface area contributed by atoms with Crippen LogP contribution in [0.5, 0.6) is 0 Å². The monoisotopic (exact) mass is 401 g/mol. The van der Waals surface area contributed by atoms with E-state index >= 15 is 0 Å². The maximum absolute atomic E-state index is 13.2. The largest absolute Gasteiger partial charge is 0.462 e. The molecular weight excluding hydrogens is 374 g/mol. The lowest BCUT2D eigenvalue weighted by molar-refractivity contribution is -0.139. The van der Waals surface area contributed by atoms with Crippen LogP contribution in [-0.2, 0) is 20.7 Å². The second-order valence-electron chi connectivity index (χ2n) is 8.01. The molecule has 1 aliphatic heterocycles. The number of carbonyl (C=O) groups excluding carboxylic acids is 2. The highest BCUT2D eigenvalue weighted by molar-refractivity contribution is 5.96. The van der Waals surface area contributed by atoms with Gasteiger partial charge in [0.2, 0.25) is 0 Å². The van der Waals surface area contributed by atoms with Crippen LogP contribution in [0.2, 0.25) is 0 Å². The fraction of sp³-hybridized carbons (Fsp3) is 0.308. The summed E-state index contributed by atoms with van der Waals surface area (Å²) < 4.78 is 5.69. The first-order valence-electron chi connectivity index (χ1n) is 10.5. The molecule has 0 spiro atoms. The van der Waals surface area contributed by atoms with Crippen LogP contribution in [0.4, 0.5) is 0 Å². The Morgan fingerprint density at radius 3 is 2.53 bits per heavy atom. The quantitative estimate of drug-likeness (QED) is 0.744. The molecule has 2 atom stereocenters. The number of ether oxygens (including phenoxy) is 1. The summed E-state index contributed by atoms with van der Waals surface area (Å²) in [5.74, 6) is -0.854. The molecule has 2 unspecified atom stereocenters. The third kappa shape index (κ3) is 3.95. The number of ketones is 1. The number of fused-ring (bicyclic) bond motifs is 1. The Balaban J connectivity index is 1.65. The maximum atomic E-state index is 13.2. The number of Topliss-reactive ketones (excluding diaryl/α,β-unsaturated/α-hetero) is 1. The normalized spacial score (nSPS) is 20.9. The van der Waals surface area contributed by atoms with Crippen LogP contribution in [0.1, 0.15) is 42.4 Å². The van der Waals surface area contributed by atoms with E-state index < -0.39 is 0 Å². The summed E-state index contributed by atoms with van der Waals surface area (Å²) >= 11 is 0. The summed E-state index contributed by atoms with van der Waals surface area (Å²) in [6.45, 7) is 4.23. The number of hydrogen-bond acceptors (Lipinski definition) is 4. The SMILES string of the molecule is CC1=C(C(=O)OCCc2ccccc2)C(c2ccccc2C)C2C(=O)CCC=C2N1. The number of carbonyl (C=O) groups is 2. The summed E-state index contributed by atoms with van der Waals surface area (Å²) in [5, 5.41) is 3.33. The molecule has 30 heavy (non-hydrogen) atoms. The fourth-order valence-electron chi connectivity index (χ4n) is 4.54. The van der Waals surface area contributed by atoms with Crippen LogP contribution in [0.25, 0.3) is 0 Å². The Kier molecular flexibility index (Phi) is 5.84. The van der Waals surface area contributed by atoms with E-state index in [1.54, 1.807) is 0 Å². The molecule has 0 amide bonds. The van der Waals surface area contributed by atoms with E-state index in [0.717, 1.165) is 34.5 Å². The summed E-state index contributed by atoms with van der Waals surface area (Å²) in [7, 11) is 0. The number of benzene rings is 2. The summed E-state index contributed by atoms with van der Waals surface area (Å²) in [6, 6.07) is 18.0. The van der Waals surface area contributed by atoms with Gasteiger partial charge in [-0.2, -0.15) is 0 Å². The van der Waals surface area contributed by atoms with E-state index in [1.807, 2.05) is 68.4 Å². The Labute approximate surface area is 177 Å². The van der Waals surface area contributed by atoms with Crippen molar-refractivity contribution in [2.75, 3.05) is 6.61 Å². The molecule has 154 valence electrons. The van der Waals surface area contributed by atoms with E-state index in [2.05, 4.69) is 11.4 Å². The molecule has 0 aromatic heterocycles. The van der Waals surface area contributed by atoms with Crippen LogP contribution in [0.15, 0.2) is 77.6 Å². The zero-order chi connectivity index (χ0) is 21.1. The Bertz CT molecular complexity index is 1020. The summed E-state index contributed by atoms with van der Waals surface area (Å²) in [6.07, 6.45) is 4.00. The molecule has 2 aromatic carbocycles. The highest BCUT2D eigenvalue weighted by Crippen LogP contribution is 2.44. The minimum atomic E-state index is -0.361. The third-order valence-corrected chi connectivity index (χ3v) is 6.03. The zero-order valence-corrected chi connectivity index (χ0v) is 17.5. The van der Waals surface area contributed by atoms with Gasteiger partial charge in [-0.1, -0.05) is 60.7 Å². The van der Waals surface area contributed by atoms with Gasteiger partial charge in [-0.25, -0.2) is 4.79 Å². The summed E-state index contributed by atoms with van der Waals surface area (Å²) in [4.78, 5) is 26.2. The Morgan fingerprint density at radius 2 is 1.77 bits per heavy atom. The molecule has 4 heteroatoms. The standard InChI is InChI=1S/C26H27NO3/c1-17-9-6-7-12-20(17)24-23(18(2)27-21-13-8-14-22(28)25(21)24)26(29)30-16-15-19-10-4-3-5-11-19/h3-7,9-13,24-25,27H,8,14-16H2,1-2H3. The number of nitrogens with one attached hydrogen (secondary N) is 1. The van der Waals surface area contributed by atoms with Gasteiger partial charge in [0, 0.05) is 30.2 Å².